The fourth-order valence-corrected chi connectivity index (χ4v) is 5.27. The van der Waals surface area contributed by atoms with Crippen LogP contribution in [0.1, 0.15) is 29.5 Å². The zero-order chi connectivity index (χ0) is 24.8. The van der Waals surface area contributed by atoms with Crippen LogP contribution in [0.15, 0.2) is 60.0 Å². The minimum Gasteiger partial charge on any atom is -0.369 e. The molecule has 0 saturated carbocycles. The van der Waals surface area contributed by atoms with Gasteiger partial charge in [-0.05, 0) is 87.2 Å². The van der Waals surface area contributed by atoms with E-state index in [0.717, 1.165) is 55.4 Å². The van der Waals surface area contributed by atoms with Crippen molar-refractivity contribution in [1.29, 1.82) is 0 Å². The van der Waals surface area contributed by atoms with E-state index in [4.69, 9.17) is 5.73 Å². The van der Waals surface area contributed by atoms with Crippen molar-refractivity contribution in [2.24, 2.45) is 11.7 Å². The Labute approximate surface area is 211 Å². The molecular weight excluding hydrogens is 458 g/mol. The van der Waals surface area contributed by atoms with Crippen molar-refractivity contribution < 1.29 is 9.59 Å². The van der Waals surface area contributed by atoms with E-state index in [-0.39, 0.29) is 23.5 Å². The van der Waals surface area contributed by atoms with Gasteiger partial charge in [-0.25, -0.2) is 4.98 Å². The summed E-state index contributed by atoms with van der Waals surface area (Å²) in [6, 6.07) is 14.4. The van der Waals surface area contributed by atoms with Crippen LogP contribution in [0.4, 0.5) is 5.69 Å². The number of carbonyl (C=O) groups excluding carboxylic acids is 2. The smallest absolute Gasteiger partial charge is 0.234 e. The summed E-state index contributed by atoms with van der Waals surface area (Å²) in [4.78, 5) is 30.7. The average molecular weight is 492 g/mol. The van der Waals surface area contributed by atoms with Crippen LogP contribution >= 0.6 is 11.8 Å². The van der Waals surface area contributed by atoms with E-state index < -0.39 is 0 Å². The molecule has 3 N–H and O–H groups in total. The van der Waals surface area contributed by atoms with Crippen LogP contribution in [0, 0.1) is 19.8 Å². The molecule has 0 aliphatic carbocycles. The molecule has 0 bridgehead atoms. The highest BCUT2D eigenvalue weighted by atomic mass is 32.2. The highest BCUT2D eigenvalue weighted by molar-refractivity contribution is 7.99. The third-order valence-electron chi connectivity index (χ3n) is 6.37. The number of rotatable bonds is 9. The van der Waals surface area contributed by atoms with E-state index in [1.165, 1.54) is 28.5 Å². The number of nitrogens with two attached hydrogens (primary N) is 1. The lowest BCUT2D eigenvalue weighted by atomic mass is 9.96. The zero-order valence-electron chi connectivity index (χ0n) is 20.4. The quantitative estimate of drug-likeness (QED) is 0.442. The molecule has 1 aromatic heterocycles. The molecular formula is C27H33N5O2S. The van der Waals surface area contributed by atoms with Crippen molar-refractivity contribution in [3.05, 3.63) is 71.5 Å². The lowest BCUT2D eigenvalue weighted by Crippen LogP contribution is -2.39. The molecule has 2 aromatic carbocycles. The molecule has 1 fully saturated rings. The number of nitrogens with zero attached hydrogens (tertiary/aromatic N) is 3. The molecule has 1 saturated heterocycles. The van der Waals surface area contributed by atoms with Gasteiger partial charge in [0, 0.05) is 36.2 Å². The summed E-state index contributed by atoms with van der Waals surface area (Å²) >= 11 is 1.42. The van der Waals surface area contributed by atoms with Gasteiger partial charge in [0.25, 0.3) is 0 Å². The van der Waals surface area contributed by atoms with Gasteiger partial charge in [-0.2, -0.15) is 0 Å². The molecule has 4 rings (SSSR count). The molecule has 8 heteroatoms. The Balaban J connectivity index is 1.24. The SMILES string of the molecule is Cc1cc(C)cc(-n2ccnc2SCC(=O)Nc2ccc(CCN3CCC(C(N)=O)CC3)cc2)c1. The Morgan fingerprint density at radius 2 is 1.77 bits per heavy atom. The minimum atomic E-state index is -0.174. The average Bonchev–Trinajstić information content (AvgIpc) is 3.31. The Morgan fingerprint density at radius 3 is 2.43 bits per heavy atom. The number of primary amides is 1. The third-order valence-corrected chi connectivity index (χ3v) is 7.33. The van der Waals surface area contributed by atoms with E-state index in [1.54, 1.807) is 6.20 Å². The number of anilines is 1. The number of amides is 2. The Kier molecular flexibility index (Phi) is 8.25. The van der Waals surface area contributed by atoms with Crippen LogP contribution in [-0.2, 0) is 16.0 Å². The van der Waals surface area contributed by atoms with Crippen molar-refractivity contribution in [3.63, 3.8) is 0 Å². The van der Waals surface area contributed by atoms with Crippen molar-refractivity contribution in [1.82, 2.24) is 14.5 Å². The summed E-state index contributed by atoms with van der Waals surface area (Å²) in [5.41, 5.74) is 10.9. The van der Waals surface area contributed by atoms with Gasteiger partial charge >= 0.3 is 0 Å². The number of hydrogen-bond acceptors (Lipinski definition) is 5. The Morgan fingerprint density at radius 1 is 1.09 bits per heavy atom. The van der Waals surface area contributed by atoms with E-state index in [2.05, 4.69) is 59.4 Å². The van der Waals surface area contributed by atoms with Gasteiger partial charge in [0.15, 0.2) is 5.16 Å². The molecule has 2 heterocycles. The summed E-state index contributed by atoms with van der Waals surface area (Å²) in [7, 11) is 0. The van der Waals surface area contributed by atoms with E-state index in [1.807, 2.05) is 22.9 Å². The van der Waals surface area contributed by atoms with Gasteiger partial charge in [0.2, 0.25) is 11.8 Å². The van der Waals surface area contributed by atoms with Gasteiger partial charge in [-0.1, -0.05) is 30.0 Å². The molecule has 7 nitrogen and oxygen atoms in total. The normalized spacial score (nSPS) is 14.7. The van der Waals surface area contributed by atoms with Crippen LogP contribution in [-0.4, -0.2) is 51.7 Å². The number of aryl methyl sites for hydroxylation is 2. The molecule has 3 aromatic rings. The molecule has 0 unspecified atom stereocenters. The van der Waals surface area contributed by atoms with E-state index in [9.17, 15) is 9.59 Å². The second-order valence-electron chi connectivity index (χ2n) is 9.23. The first-order valence-corrected chi connectivity index (χ1v) is 13.0. The second-order valence-corrected chi connectivity index (χ2v) is 10.2. The number of hydrogen-bond donors (Lipinski definition) is 2. The van der Waals surface area contributed by atoms with E-state index in [0.29, 0.717) is 0 Å². The summed E-state index contributed by atoms with van der Waals surface area (Å²) in [6.45, 7) is 6.95. The summed E-state index contributed by atoms with van der Waals surface area (Å²) < 4.78 is 2.02. The monoisotopic (exact) mass is 491 g/mol. The molecule has 1 aliphatic heterocycles. The Hall–Kier alpha value is -3.10. The van der Waals surface area contributed by atoms with Crippen LogP contribution < -0.4 is 11.1 Å². The second kappa shape index (κ2) is 11.6. The molecule has 35 heavy (non-hydrogen) atoms. The van der Waals surface area contributed by atoms with Gasteiger partial charge in [0.1, 0.15) is 0 Å². The summed E-state index contributed by atoms with van der Waals surface area (Å²) in [5, 5.41) is 3.77. The largest absolute Gasteiger partial charge is 0.369 e. The van der Waals surface area contributed by atoms with Crippen molar-refractivity contribution in [2.75, 3.05) is 30.7 Å². The number of carbonyl (C=O) groups is 2. The fourth-order valence-electron chi connectivity index (χ4n) is 4.49. The first-order valence-electron chi connectivity index (χ1n) is 12.0. The van der Waals surface area contributed by atoms with Crippen LogP contribution in [0.3, 0.4) is 0 Å². The van der Waals surface area contributed by atoms with Gasteiger partial charge < -0.3 is 16.0 Å². The Bertz CT molecular complexity index is 1150. The van der Waals surface area contributed by atoms with Gasteiger partial charge in [-0.3, -0.25) is 14.2 Å². The fraction of sp³-hybridized carbons (Fsp3) is 0.370. The zero-order valence-corrected chi connectivity index (χ0v) is 21.2. The maximum absolute atomic E-state index is 12.5. The highest BCUT2D eigenvalue weighted by Crippen LogP contribution is 2.23. The number of likely N-dealkylation sites (tertiary alicyclic amines) is 1. The first-order chi connectivity index (χ1) is 16.9. The number of imidazole rings is 1. The van der Waals surface area contributed by atoms with Crippen molar-refractivity contribution in [3.8, 4) is 5.69 Å². The molecule has 184 valence electrons. The number of piperidine rings is 1. The standard InChI is InChI=1S/C27H33N5O2S/c1-19-15-20(2)17-24(16-19)32-14-10-29-27(32)35-18-25(33)30-23-5-3-21(4-6-23)7-11-31-12-8-22(9-13-31)26(28)34/h3-6,10,14-17,22H,7-9,11-13,18H2,1-2H3,(H2,28,34)(H,30,33). The lowest BCUT2D eigenvalue weighted by molar-refractivity contribution is -0.123. The molecule has 0 spiro atoms. The van der Waals surface area contributed by atoms with Crippen LogP contribution in [0.2, 0.25) is 0 Å². The number of benzene rings is 2. The number of aromatic nitrogens is 2. The number of nitrogens with one attached hydrogen (secondary N) is 1. The van der Waals surface area contributed by atoms with Gasteiger partial charge in [-0.15, -0.1) is 0 Å². The predicted octanol–water partition coefficient (Wildman–Crippen LogP) is 3.96. The lowest BCUT2D eigenvalue weighted by Gasteiger charge is -2.30. The van der Waals surface area contributed by atoms with Crippen LogP contribution in [0.5, 0.6) is 0 Å². The summed E-state index contributed by atoms with van der Waals surface area (Å²) in [6.07, 6.45) is 6.32. The maximum Gasteiger partial charge on any atom is 0.234 e. The minimum absolute atomic E-state index is 0.0270. The summed E-state index contributed by atoms with van der Waals surface area (Å²) in [5.74, 6) is 0.0756. The topological polar surface area (TPSA) is 93.2 Å². The molecule has 2 amide bonds. The number of thioether (sulfide) groups is 1. The van der Waals surface area contributed by atoms with Crippen molar-refractivity contribution >= 4 is 29.3 Å². The highest BCUT2D eigenvalue weighted by Gasteiger charge is 2.22. The van der Waals surface area contributed by atoms with Crippen LogP contribution in [0.25, 0.3) is 5.69 Å². The molecule has 0 radical (unpaired) electrons. The maximum atomic E-state index is 12.5. The molecule has 1 aliphatic rings. The predicted molar refractivity (Wildman–Crippen MR) is 141 cm³/mol. The van der Waals surface area contributed by atoms with Crippen molar-refractivity contribution in [2.45, 2.75) is 38.3 Å². The third kappa shape index (κ3) is 6.96. The molecule has 0 atom stereocenters. The van der Waals surface area contributed by atoms with Gasteiger partial charge in [0.05, 0.1) is 5.75 Å². The first kappa shape index (κ1) is 25.0. The van der Waals surface area contributed by atoms with E-state index >= 15 is 0 Å².